The van der Waals surface area contributed by atoms with Crippen LogP contribution in [0.4, 0.5) is 5.69 Å². The minimum atomic E-state index is -1.66. The number of nitriles is 1. The summed E-state index contributed by atoms with van der Waals surface area (Å²) in [5.41, 5.74) is 1.21. The smallest absolute Gasteiger partial charge is 0.256 e. The van der Waals surface area contributed by atoms with E-state index in [0.717, 1.165) is 0 Å². The normalized spacial score (nSPS) is 11.3. The third-order valence-corrected chi connectivity index (χ3v) is 5.40. The summed E-state index contributed by atoms with van der Waals surface area (Å²) < 4.78 is 18.2. The highest BCUT2D eigenvalue weighted by molar-refractivity contribution is 7.85. The number of nitrogens with zero attached hydrogens (tertiary/aromatic N) is 1. The third kappa shape index (κ3) is 4.05. The summed E-state index contributed by atoms with van der Waals surface area (Å²) in [4.78, 5) is 13.5. The minimum absolute atomic E-state index is 0.291. The van der Waals surface area contributed by atoms with Crippen molar-refractivity contribution in [2.24, 2.45) is 0 Å². The zero-order chi connectivity index (χ0) is 19.2. The van der Waals surface area contributed by atoms with Gasteiger partial charge in [0.1, 0.15) is 11.8 Å². The van der Waals surface area contributed by atoms with Gasteiger partial charge >= 0.3 is 0 Å². The molecule has 0 heterocycles. The Bertz CT molecular complexity index is 1040. The van der Waals surface area contributed by atoms with E-state index in [9.17, 15) is 14.3 Å². The molecule has 1 N–H and O–H groups in total. The first-order valence-corrected chi connectivity index (χ1v) is 9.24. The summed E-state index contributed by atoms with van der Waals surface area (Å²) in [5.74, 6) is 0.307. The average Bonchev–Trinajstić information content (AvgIpc) is 2.73. The summed E-state index contributed by atoms with van der Waals surface area (Å²) in [7, 11) is -0.0891. The lowest BCUT2D eigenvalue weighted by Crippen LogP contribution is -2.15. The second kappa shape index (κ2) is 8.30. The Balaban J connectivity index is 1.92. The van der Waals surface area contributed by atoms with E-state index in [1.807, 2.05) is 6.07 Å². The van der Waals surface area contributed by atoms with E-state index >= 15 is 0 Å². The molecule has 3 rings (SSSR count). The Morgan fingerprint density at radius 2 is 1.59 bits per heavy atom. The zero-order valence-electron chi connectivity index (χ0n) is 14.5. The fourth-order valence-corrected chi connectivity index (χ4v) is 3.84. The summed E-state index contributed by atoms with van der Waals surface area (Å²) in [6.07, 6.45) is 0. The molecule has 0 spiro atoms. The first-order chi connectivity index (χ1) is 13.1. The number of nitrogens with one attached hydrogen (secondary N) is 1. The number of hydrogen-bond acceptors (Lipinski definition) is 4. The molecule has 0 unspecified atom stereocenters. The first kappa shape index (κ1) is 18.4. The number of anilines is 1. The lowest BCUT2D eigenvalue weighted by Gasteiger charge is -2.11. The van der Waals surface area contributed by atoms with E-state index in [-0.39, 0.29) is 5.91 Å². The monoisotopic (exact) mass is 376 g/mol. The van der Waals surface area contributed by atoms with Gasteiger partial charge in [0.2, 0.25) is 0 Å². The molecule has 0 fully saturated rings. The number of ether oxygens (including phenoxy) is 1. The molecular formula is C21H16N2O3S. The fourth-order valence-electron chi connectivity index (χ4n) is 2.53. The molecule has 0 saturated carbocycles. The molecule has 134 valence electrons. The standard InChI is InChI=1S/C21H16N2O3S/c1-26-17-12-10-16(11-13-17)23-21(24)18-7-3-5-9-20(18)27(25)19-8-4-2-6-15(19)14-22/h2-13H,1H3,(H,23,24)/t27-/m1/s1. The van der Waals surface area contributed by atoms with Gasteiger partial charge in [0.05, 0.1) is 38.8 Å². The van der Waals surface area contributed by atoms with E-state index in [1.165, 1.54) is 0 Å². The van der Waals surface area contributed by atoms with Gasteiger partial charge in [-0.25, -0.2) is 4.21 Å². The Hall–Kier alpha value is -3.43. The minimum Gasteiger partial charge on any atom is -0.497 e. The van der Waals surface area contributed by atoms with Crippen molar-refractivity contribution in [1.29, 1.82) is 5.26 Å². The van der Waals surface area contributed by atoms with Crippen molar-refractivity contribution in [3.63, 3.8) is 0 Å². The van der Waals surface area contributed by atoms with Crippen LogP contribution in [0.1, 0.15) is 15.9 Å². The summed E-state index contributed by atoms with van der Waals surface area (Å²) in [5, 5.41) is 12.0. The van der Waals surface area contributed by atoms with E-state index in [1.54, 1.807) is 79.9 Å². The topological polar surface area (TPSA) is 79.2 Å². The number of carbonyl (C=O) groups is 1. The third-order valence-electron chi connectivity index (χ3n) is 3.89. The number of methoxy groups -OCH3 is 1. The molecule has 27 heavy (non-hydrogen) atoms. The number of amides is 1. The lowest BCUT2D eigenvalue weighted by molar-refractivity contribution is 0.102. The molecule has 0 aliphatic heterocycles. The highest BCUT2D eigenvalue weighted by Gasteiger charge is 2.19. The molecule has 0 bridgehead atoms. The quantitative estimate of drug-likeness (QED) is 0.730. The molecule has 3 aromatic rings. The lowest BCUT2D eigenvalue weighted by atomic mass is 10.2. The van der Waals surface area contributed by atoms with E-state index < -0.39 is 10.8 Å². The van der Waals surface area contributed by atoms with Gasteiger partial charge in [-0.2, -0.15) is 5.26 Å². The second-order valence-electron chi connectivity index (χ2n) is 5.56. The first-order valence-electron chi connectivity index (χ1n) is 8.09. The molecule has 3 aromatic carbocycles. The van der Waals surface area contributed by atoms with Crippen molar-refractivity contribution in [2.45, 2.75) is 9.79 Å². The molecule has 0 aromatic heterocycles. The van der Waals surface area contributed by atoms with Crippen molar-refractivity contribution in [3.8, 4) is 11.8 Å². The van der Waals surface area contributed by atoms with Gasteiger partial charge in [0, 0.05) is 5.69 Å². The molecule has 0 aliphatic carbocycles. The van der Waals surface area contributed by atoms with Crippen LogP contribution >= 0.6 is 0 Å². The summed E-state index contributed by atoms with van der Waals surface area (Å²) >= 11 is 0. The van der Waals surface area contributed by atoms with Gasteiger partial charge in [-0.15, -0.1) is 0 Å². The van der Waals surface area contributed by atoms with E-state index in [4.69, 9.17) is 4.74 Å². The maximum Gasteiger partial charge on any atom is 0.256 e. The van der Waals surface area contributed by atoms with Crippen LogP contribution in [0.3, 0.4) is 0 Å². The van der Waals surface area contributed by atoms with Gasteiger partial charge in [-0.1, -0.05) is 24.3 Å². The Morgan fingerprint density at radius 3 is 2.26 bits per heavy atom. The predicted octanol–water partition coefficient (Wildman–Crippen LogP) is 3.99. The van der Waals surface area contributed by atoms with Crippen LogP contribution in [-0.4, -0.2) is 17.2 Å². The average molecular weight is 376 g/mol. The predicted molar refractivity (Wildman–Crippen MR) is 103 cm³/mol. The molecule has 0 radical (unpaired) electrons. The van der Waals surface area contributed by atoms with Crippen molar-refractivity contribution >= 4 is 22.4 Å². The van der Waals surface area contributed by atoms with Gasteiger partial charge in [0.15, 0.2) is 0 Å². The maximum absolute atomic E-state index is 13.1. The number of benzene rings is 3. The molecule has 1 amide bonds. The number of hydrogen-bond donors (Lipinski definition) is 1. The van der Waals surface area contributed by atoms with Crippen molar-refractivity contribution in [2.75, 3.05) is 12.4 Å². The van der Waals surface area contributed by atoms with Crippen molar-refractivity contribution in [1.82, 2.24) is 0 Å². The summed E-state index contributed by atoms with van der Waals surface area (Å²) in [6.45, 7) is 0. The molecule has 6 heteroatoms. The molecule has 5 nitrogen and oxygen atoms in total. The number of rotatable bonds is 5. The molecule has 0 saturated heterocycles. The number of carbonyl (C=O) groups excluding carboxylic acids is 1. The zero-order valence-corrected chi connectivity index (χ0v) is 15.3. The van der Waals surface area contributed by atoms with Crippen molar-refractivity contribution < 1.29 is 13.7 Å². The van der Waals surface area contributed by atoms with Crippen LogP contribution in [0.2, 0.25) is 0 Å². The molecule has 0 aliphatic rings. The van der Waals surface area contributed by atoms with Crippen molar-refractivity contribution in [3.05, 3.63) is 83.9 Å². The largest absolute Gasteiger partial charge is 0.497 e. The Morgan fingerprint density at radius 1 is 0.963 bits per heavy atom. The van der Waals surface area contributed by atoms with Gasteiger partial charge < -0.3 is 10.1 Å². The highest BCUT2D eigenvalue weighted by Crippen LogP contribution is 2.24. The van der Waals surface area contributed by atoms with Crippen LogP contribution in [0.25, 0.3) is 0 Å². The molecular weight excluding hydrogens is 360 g/mol. The van der Waals surface area contributed by atoms with Crippen LogP contribution < -0.4 is 10.1 Å². The van der Waals surface area contributed by atoms with Crippen LogP contribution in [0.15, 0.2) is 82.6 Å². The van der Waals surface area contributed by atoms with Gasteiger partial charge in [-0.3, -0.25) is 4.79 Å². The van der Waals surface area contributed by atoms with Crippen LogP contribution in [-0.2, 0) is 10.8 Å². The van der Waals surface area contributed by atoms with E-state index in [2.05, 4.69) is 5.32 Å². The van der Waals surface area contributed by atoms with Crippen LogP contribution in [0, 0.1) is 11.3 Å². The Kier molecular flexibility index (Phi) is 5.64. The van der Waals surface area contributed by atoms with Gasteiger partial charge in [0.25, 0.3) is 5.91 Å². The maximum atomic E-state index is 13.1. The second-order valence-corrected chi connectivity index (χ2v) is 6.97. The summed E-state index contributed by atoms with van der Waals surface area (Å²) in [6, 6.07) is 22.3. The van der Waals surface area contributed by atoms with E-state index in [0.29, 0.717) is 32.4 Å². The van der Waals surface area contributed by atoms with Gasteiger partial charge in [-0.05, 0) is 48.5 Å². The Labute approximate surface area is 159 Å². The highest BCUT2D eigenvalue weighted by atomic mass is 32.2. The SMILES string of the molecule is COc1ccc(NC(=O)c2ccccc2[S@](=O)c2ccccc2C#N)cc1. The molecule has 1 atom stereocenters. The fraction of sp³-hybridized carbons (Fsp3) is 0.0476. The van der Waals surface area contributed by atoms with Crippen LogP contribution in [0.5, 0.6) is 5.75 Å².